The molecule has 3 heteroatoms. The minimum absolute atomic E-state index is 0.161. The fourth-order valence-electron chi connectivity index (χ4n) is 2.74. The summed E-state index contributed by atoms with van der Waals surface area (Å²) in [7, 11) is 0. The summed E-state index contributed by atoms with van der Waals surface area (Å²) >= 11 is 0. The summed E-state index contributed by atoms with van der Waals surface area (Å²) in [6.07, 6.45) is -0.586. The number of hydrogen-bond donors (Lipinski definition) is 1. The van der Waals surface area contributed by atoms with E-state index in [0.29, 0.717) is 5.75 Å². The van der Waals surface area contributed by atoms with Gasteiger partial charge in [0.1, 0.15) is 5.75 Å². The largest absolute Gasteiger partial charge is 0.481 e. The molecule has 0 aliphatic carbocycles. The Hall–Kier alpha value is -3.07. The number of benzene rings is 3. The van der Waals surface area contributed by atoms with Crippen LogP contribution in [0.2, 0.25) is 0 Å². The second kappa shape index (κ2) is 7.87. The van der Waals surface area contributed by atoms with Crippen molar-refractivity contribution in [3.63, 3.8) is 0 Å². The number of aryl methyl sites for hydroxylation is 1. The lowest BCUT2D eigenvalue weighted by atomic mass is 10.1. The van der Waals surface area contributed by atoms with Crippen LogP contribution in [0, 0.1) is 13.8 Å². The Kier molecular flexibility index (Phi) is 5.37. The Bertz CT molecular complexity index is 886. The summed E-state index contributed by atoms with van der Waals surface area (Å²) < 4.78 is 5.80. The zero-order chi connectivity index (χ0) is 18.5. The zero-order valence-corrected chi connectivity index (χ0v) is 15.3. The molecule has 0 heterocycles. The van der Waals surface area contributed by atoms with E-state index in [4.69, 9.17) is 4.74 Å². The van der Waals surface area contributed by atoms with Crippen molar-refractivity contribution in [2.75, 3.05) is 5.32 Å². The highest BCUT2D eigenvalue weighted by molar-refractivity contribution is 5.94. The Morgan fingerprint density at radius 3 is 2.19 bits per heavy atom. The van der Waals surface area contributed by atoms with Crippen LogP contribution < -0.4 is 10.1 Å². The summed E-state index contributed by atoms with van der Waals surface area (Å²) in [6.45, 7) is 5.78. The third-order valence-electron chi connectivity index (χ3n) is 4.51. The van der Waals surface area contributed by atoms with E-state index in [1.807, 2.05) is 74.5 Å². The van der Waals surface area contributed by atoms with E-state index in [0.717, 1.165) is 27.9 Å². The molecule has 1 atom stereocenters. The van der Waals surface area contributed by atoms with Crippen molar-refractivity contribution in [3.05, 3.63) is 83.9 Å². The lowest BCUT2D eigenvalue weighted by Crippen LogP contribution is -2.30. The third-order valence-corrected chi connectivity index (χ3v) is 4.51. The number of carbonyl (C=O) groups is 1. The molecular formula is C23H23NO2. The van der Waals surface area contributed by atoms with Gasteiger partial charge in [-0.2, -0.15) is 0 Å². The molecule has 1 unspecified atom stereocenters. The van der Waals surface area contributed by atoms with Gasteiger partial charge in [0.2, 0.25) is 0 Å². The average molecular weight is 345 g/mol. The van der Waals surface area contributed by atoms with Crippen LogP contribution in [0.1, 0.15) is 18.1 Å². The summed E-state index contributed by atoms with van der Waals surface area (Å²) in [5.74, 6) is 0.513. The van der Waals surface area contributed by atoms with E-state index in [9.17, 15) is 4.79 Å². The first kappa shape index (κ1) is 17.7. The number of ether oxygens (including phenoxy) is 1. The molecule has 0 saturated heterocycles. The molecule has 3 aromatic rings. The number of hydrogen-bond acceptors (Lipinski definition) is 2. The summed E-state index contributed by atoms with van der Waals surface area (Å²) in [4.78, 5) is 12.4. The molecule has 1 amide bonds. The van der Waals surface area contributed by atoms with Crippen LogP contribution >= 0.6 is 0 Å². The number of carbonyl (C=O) groups excluding carboxylic acids is 1. The molecule has 26 heavy (non-hydrogen) atoms. The molecule has 3 aromatic carbocycles. The van der Waals surface area contributed by atoms with Crippen LogP contribution in [-0.2, 0) is 4.79 Å². The predicted molar refractivity (Wildman–Crippen MR) is 107 cm³/mol. The predicted octanol–water partition coefficient (Wildman–Crippen LogP) is 5.38. The monoisotopic (exact) mass is 345 g/mol. The molecule has 0 bridgehead atoms. The highest BCUT2D eigenvalue weighted by Gasteiger charge is 2.16. The number of rotatable bonds is 5. The van der Waals surface area contributed by atoms with E-state index in [2.05, 4.69) is 17.4 Å². The molecule has 3 nitrogen and oxygen atoms in total. The summed E-state index contributed by atoms with van der Waals surface area (Å²) in [5, 5.41) is 2.94. The maximum absolute atomic E-state index is 12.4. The third kappa shape index (κ3) is 4.12. The molecule has 132 valence electrons. The fourth-order valence-corrected chi connectivity index (χ4v) is 2.74. The van der Waals surface area contributed by atoms with Crippen molar-refractivity contribution in [1.82, 2.24) is 0 Å². The molecule has 0 spiro atoms. The second-order valence-electron chi connectivity index (χ2n) is 6.39. The van der Waals surface area contributed by atoms with Crippen molar-refractivity contribution in [2.45, 2.75) is 26.9 Å². The van der Waals surface area contributed by atoms with Crippen LogP contribution in [0.25, 0.3) is 11.1 Å². The Morgan fingerprint density at radius 1 is 0.846 bits per heavy atom. The van der Waals surface area contributed by atoms with E-state index in [-0.39, 0.29) is 5.91 Å². The summed E-state index contributed by atoms with van der Waals surface area (Å²) in [6, 6.07) is 23.8. The van der Waals surface area contributed by atoms with Gasteiger partial charge in [0.15, 0.2) is 6.10 Å². The van der Waals surface area contributed by atoms with E-state index >= 15 is 0 Å². The molecule has 0 saturated carbocycles. The average Bonchev–Trinajstić information content (AvgIpc) is 2.66. The SMILES string of the molecule is Cc1cccc(NC(=O)C(C)Oc2ccc(-c3ccccc3)cc2)c1C. The highest BCUT2D eigenvalue weighted by atomic mass is 16.5. The minimum Gasteiger partial charge on any atom is -0.481 e. The van der Waals surface area contributed by atoms with Gasteiger partial charge in [-0.15, -0.1) is 0 Å². The van der Waals surface area contributed by atoms with Crippen molar-refractivity contribution in [2.24, 2.45) is 0 Å². The molecular weight excluding hydrogens is 322 g/mol. The van der Waals surface area contributed by atoms with Crippen LogP contribution in [0.3, 0.4) is 0 Å². The first-order valence-corrected chi connectivity index (χ1v) is 8.74. The van der Waals surface area contributed by atoms with Crippen molar-refractivity contribution < 1.29 is 9.53 Å². The standard InChI is InChI=1S/C23H23NO2/c1-16-8-7-11-22(17(16)2)24-23(25)18(3)26-21-14-12-20(13-15-21)19-9-5-4-6-10-19/h4-15,18H,1-3H3,(H,24,25). The van der Waals surface area contributed by atoms with Crippen LogP contribution in [0.4, 0.5) is 5.69 Å². The van der Waals surface area contributed by atoms with Crippen LogP contribution in [0.5, 0.6) is 5.75 Å². The van der Waals surface area contributed by atoms with Crippen molar-refractivity contribution >= 4 is 11.6 Å². The highest BCUT2D eigenvalue weighted by Crippen LogP contribution is 2.23. The lowest BCUT2D eigenvalue weighted by molar-refractivity contribution is -0.122. The van der Waals surface area contributed by atoms with Crippen LogP contribution in [-0.4, -0.2) is 12.0 Å². The zero-order valence-electron chi connectivity index (χ0n) is 15.3. The maximum Gasteiger partial charge on any atom is 0.265 e. The quantitative estimate of drug-likeness (QED) is 0.674. The normalized spacial score (nSPS) is 11.7. The second-order valence-corrected chi connectivity index (χ2v) is 6.39. The van der Waals surface area contributed by atoms with Crippen LogP contribution in [0.15, 0.2) is 72.8 Å². The Balaban J connectivity index is 1.65. The molecule has 3 rings (SSSR count). The van der Waals surface area contributed by atoms with Gasteiger partial charge in [0.05, 0.1) is 0 Å². The van der Waals surface area contributed by atoms with E-state index in [1.165, 1.54) is 0 Å². The smallest absolute Gasteiger partial charge is 0.265 e. The van der Waals surface area contributed by atoms with Gasteiger partial charge < -0.3 is 10.1 Å². The Morgan fingerprint density at radius 2 is 1.50 bits per heavy atom. The molecule has 0 aliphatic rings. The van der Waals surface area contributed by atoms with E-state index in [1.54, 1.807) is 6.92 Å². The van der Waals surface area contributed by atoms with E-state index < -0.39 is 6.10 Å². The summed E-state index contributed by atoms with van der Waals surface area (Å²) in [5.41, 5.74) is 5.31. The van der Waals surface area contributed by atoms with Gasteiger partial charge in [-0.25, -0.2) is 0 Å². The topological polar surface area (TPSA) is 38.3 Å². The van der Waals surface area contributed by atoms with Gasteiger partial charge in [0.25, 0.3) is 5.91 Å². The maximum atomic E-state index is 12.4. The van der Waals surface area contributed by atoms with Gasteiger partial charge in [-0.3, -0.25) is 4.79 Å². The fraction of sp³-hybridized carbons (Fsp3) is 0.174. The lowest BCUT2D eigenvalue weighted by Gasteiger charge is -2.16. The number of amides is 1. The van der Waals surface area contributed by atoms with Crippen molar-refractivity contribution in [1.29, 1.82) is 0 Å². The molecule has 0 aliphatic heterocycles. The van der Waals surface area contributed by atoms with Gasteiger partial charge >= 0.3 is 0 Å². The molecule has 0 fully saturated rings. The van der Waals surface area contributed by atoms with Crippen molar-refractivity contribution in [3.8, 4) is 16.9 Å². The van der Waals surface area contributed by atoms with Gasteiger partial charge in [0, 0.05) is 5.69 Å². The Labute approximate surface area is 154 Å². The van der Waals surface area contributed by atoms with Gasteiger partial charge in [-0.05, 0) is 61.2 Å². The first-order valence-electron chi connectivity index (χ1n) is 8.74. The molecule has 0 aromatic heterocycles. The number of anilines is 1. The minimum atomic E-state index is -0.586. The molecule has 1 N–H and O–H groups in total. The molecule has 0 radical (unpaired) electrons. The number of nitrogens with one attached hydrogen (secondary N) is 1. The van der Waals surface area contributed by atoms with Gasteiger partial charge in [-0.1, -0.05) is 54.6 Å². The first-order chi connectivity index (χ1) is 12.5.